The van der Waals surface area contributed by atoms with Crippen LogP contribution < -0.4 is 9.47 Å². The number of carbonyl (C=O) groups excluding carboxylic acids is 1. The van der Waals surface area contributed by atoms with Gasteiger partial charge in [-0.25, -0.2) is 4.98 Å². The van der Waals surface area contributed by atoms with Crippen LogP contribution >= 0.6 is 0 Å². The zero-order chi connectivity index (χ0) is 16.5. The Labute approximate surface area is 139 Å². The summed E-state index contributed by atoms with van der Waals surface area (Å²) in [5.74, 6) is 1.35. The fraction of sp³-hybridized carbons (Fsp3) is 0.158. The molecule has 2 heterocycles. The number of benzene rings is 2. The smallest absolute Gasteiger partial charge is 0.272 e. The first-order chi connectivity index (χ1) is 11.7. The summed E-state index contributed by atoms with van der Waals surface area (Å²) < 4.78 is 10.7. The number of hydrogen-bond acceptors (Lipinski definition) is 4. The van der Waals surface area contributed by atoms with Gasteiger partial charge in [0.2, 0.25) is 6.79 Å². The highest BCUT2D eigenvalue weighted by Gasteiger charge is 2.17. The van der Waals surface area contributed by atoms with E-state index in [1.165, 1.54) is 0 Å². The van der Waals surface area contributed by atoms with Gasteiger partial charge in [0, 0.05) is 19.0 Å². The second kappa shape index (κ2) is 5.85. The number of nitrogens with zero attached hydrogens (tertiary/aromatic N) is 2. The lowest BCUT2D eigenvalue weighted by Gasteiger charge is -2.17. The summed E-state index contributed by atoms with van der Waals surface area (Å²) in [4.78, 5) is 18.7. The molecule has 0 N–H and O–H groups in total. The number of pyridine rings is 1. The van der Waals surface area contributed by atoms with Crippen molar-refractivity contribution in [1.29, 1.82) is 0 Å². The van der Waals surface area contributed by atoms with Gasteiger partial charge in [0.05, 0.1) is 5.52 Å². The van der Waals surface area contributed by atoms with Crippen LogP contribution in [-0.2, 0) is 6.54 Å². The molecule has 5 nitrogen and oxygen atoms in total. The maximum absolute atomic E-state index is 12.6. The van der Waals surface area contributed by atoms with Gasteiger partial charge in [-0.15, -0.1) is 0 Å². The van der Waals surface area contributed by atoms with Crippen molar-refractivity contribution in [3.8, 4) is 11.5 Å². The first kappa shape index (κ1) is 14.5. The molecule has 3 aromatic rings. The lowest BCUT2D eigenvalue weighted by Crippen LogP contribution is -2.27. The molecule has 1 amide bonds. The molecule has 0 bridgehead atoms. The second-order valence-corrected chi connectivity index (χ2v) is 5.74. The van der Waals surface area contributed by atoms with E-state index in [0.717, 1.165) is 28.0 Å². The fourth-order valence-electron chi connectivity index (χ4n) is 2.77. The minimum Gasteiger partial charge on any atom is -0.454 e. The van der Waals surface area contributed by atoms with Gasteiger partial charge in [-0.3, -0.25) is 4.79 Å². The van der Waals surface area contributed by atoms with Gasteiger partial charge in [-0.05, 0) is 29.8 Å². The van der Waals surface area contributed by atoms with E-state index in [-0.39, 0.29) is 12.7 Å². The number of hydrogen-bond donors (Lipinski definition) is 0. The normalized spacial score (nSPS) is 12.4. The van der Waals surface area contributed by atoms with E-state index in [4.69, 9.17) is 9.47 Å². The molecule has 4 rings (SSSR count). The first-order valence-electron chi connectivity index (χ1n) is 7.70. The van der Waals surface area contributed by atoms with E-state index in [1.807, 2.05) is 48.5 Å². The van der Waals surface area contributed by atoms with Gasteiger partial charge in [-0.1, -0.05) is 30.3 Å². The summed E-state index contributed by atoms with van der Waals surface area (Å²) in [5.41, 5.74) is 2.24. The number of ether oxygens (including phenoxy) is 2. The van der Waals surface area contributed by atoms with Crippen molar-refractivity contribution in [2.75, 3.05) is 13.8 Å². The maximum atomic E-state index is 12.6. The van der Waals surface area contributed by atoms with Crippen LogP contribution in [0, 0.1) is 0 Å². The molecule has 0 aliphatic carbocycles. The molecule has 0 atom stereocenters. The Kier molecular flexibility index (Phi) is 3.54. The van der Waals surface area contributed by atoms with Crippen LogP contribution in [0.1, 0.15) is 16.1 Å². The Morgan fingerprint density at radius 3 is 2.83 bits per heavy atom. The molecule has 0 radical (unpaired) electrons. The molecule has 1 aliphatic rings. The summed E-state index contributed by atoms with van der Waals surface area (Å²) in [5, 5.41) is 1.02. The van der Waals surface area contributed by atoms with Gasteiger partial charge < -0.3 is 14.4 Å². The maximum Gasteiger partial charge on any atom is 0.272 e. The lowest BCUT2D eigenvalue weighted by molar-refractivity contribution is 0.0779. The molecule has 0 saturated carbocycles. The van der Waals surface area contributed by atoms with Crippen molar-refractivity contribution >= 4 is 16.8 Å². The minimum absolute atomic E-state index is 0.113. The van der Waals surface area contributed by atoms with Crippen molar-refractivity contribution in [3.05, 3.63) is 65.9 Å². The molecule has 24 heavy (non-hydrogen) atoms. The number of amides is 1. The predicted octanol–water partition coefficient (Wildman–Crippen LogP) is 3.24. The predicted molar refractivity (Wildman–Crippen MR) is 90.1 cm³/mol. The minimum atomic E-state index is -0.113. The van der Waals surface area contributed by atoms with E-state index in [2.05, 4.69) is 4.98 Å². The van der Waals surface area contributed by atoms with Crippen molar-refractivity contribution < 1.29 is 14.3 Å². The average molecular weight is 320 g/mol. The molecule has 0 unspecified atom stereocenters. The number of carbonyl (C=O) groups is 1. The molecule has 1 aromatic heterocycles. The zero-order valence-corrected chi connectivity index (χ0v) is 13.2. The van der Waals surface area contributed by atoms with Crippen molar-refractivity contribution in [3.63, 3.8) is 0 Å². The summed E-state index contributed by atoms with van der Waals surface area (Å²) in [6.45, 7) is 0.721. The highest BCUT2D eigenvalue weighted by atomic mass is 16.7. The van der Waals surface area contributed by atoms with Crippen LogP contribution in [0.4, 0.5) is 0 Å². The SMILES string of the molecule is CN(Cc1ccc2c(c1)OCO2)C(=O)c1ccc2ccccc2n1. The number of rotatable bonds is 3. The Hall–Kier alpha value is -3.08. The standard InChI is InChI=1S/C19H16N2O3/c1-21(11-13-6-9-17-18(10-13)24-12-23-17)19(22)16-8-7-14-4-2-3-5-15(14)20-16/h2-10H,11-12H2,1H3. The lowest BCUT2D eigenvalue weighted by atomic mass is 10.1. The van der Waals surface area contributed by atoms with Gasteiger partial charge in [-0.2, -0.15) is 0 Å². The monoisotopic (exact) mass is 320 g/mol. The van der Waals surface area contributed by atoms with E-state index >= 15 is 0 Å². The Morgan fingerprint density at radius 1 is 1.08 bits per heavy atom. The summed E-state index contributed by atoms with van der Waals surface area (Å²) in [6, 6.07) is 17.1. The van der Waals surface area contributed by atoms with Gasteiger partial charge in [0.15, 0.2) is 11.5 Å². The van der Waals surface area contributed by atoms with E-state index in [0.29, 0.717) is 12.2 Å². The van der Waals surface area contributed by atoms with Crippen LogP contribution in [0.3, 0.4) is 0 Å². The van der Waals surface area contributed by atoms with Gasteiger partial charge >= 0.3 is 0 Å². The highest BCUT2D eigenvalue weighted by molar-refractivity contribution is 5.94. The summed E-state index contributed by atoms with van der Waals surface area (Å²) in [6.07, 6.45) is 0. The van der Waals surface area contributed by atoms with Crippen LogP contribution in [0.25, 0.3) is 10.9 Å². The van der Waals surface area contributed by atoms with E-state index in [1.54, 1.807) is 18.0 Å². The number of fused-ring (bicyclic) bond motifs is 2. The fourth-order valence-corrected chi connectivity index (χ4v) is 2.77. The molecule has 0 spiro atoms. The topological polar surface area (TPSA) is 51.7 Å². The molecular weight excluding hydrogens is 304 g/mol. The summed E-state index contributed by atoms with van der Waals surface area (Å²) in [7, 11) is 1.77. The first-order valence-corrected chi connectivity index (χ1v) is 7.70. The molecule has 120 valence electrons. The summed E-state index contributed by atoms with van der Waals surface area (Å²) >= 11 is 0. The molecular formula is C19H16N2O3. The van der Waals surface area contributed by atoms with Crippen molar-refractivity contribution in [2.45, 2.75) is 6.54 Å². The van der Waals surface area contributed by atoms with Crippen LogP contribution in [0.15, 0.2) is 54.6 Å². The van der Waals surface area contributed by atoms with Crippen molar-refractivity contribution in [2.24, 2.45) is 0 Å². The van der Waals surface area contributed by atoms with Crippen LogP contribution in [0.5, 0.6) is 11.5 Å². The molecule has 2 aromatic carbocycles. The molecule has 0 fully saturated rings. The van der Waals surface area contributed by atoms with Crippen LogP contribution in [-0.4, -0.2) is 29.6 Å². The van der Waals surface area contributed by atoms with Crippen molar-refractivity contribution in [1.82, 2.24) is 9.88 Å². The van der Waals surface area contributed by atoms with E-state index < -0.39 is 0 Å². The number of para-hydroxylation sites is 1. The third-order valence-electron chi connectivity index (χ3n) is 4.02. The Balaban J connectivity index is 1.54. The average Bonchev–Trinajstić information content (AvgIpc) is 3.08. The van der Waals surface area contributed by atoms with Crippen LogP contribution in [0.2, 0.25) is 0 Å². The Bertz CT molecular complexity index is 923. The molecule has 1 aliphatic heterocycles. The largest absolute Gasteiger partial charge is 0.454 e. The quantitative estimate of drug-likeness (QED) is 0.743. The van der Waals surface area contributed by atoms with Gasteiger partial charge in [0.1, 0.15) is 5.69 Å². The molecule has 5 heteroatoms. The highest BCUT2D eigenvalue weighted by Crippen LogP contribution is 2.32. The third-order valence-corrected chi connectivity index (χ3v) is 4.02. The third kappa shape index (κ3) is 2.65. The van der Waals surface area contributed by atoms with Gasteiger partial charge in [0.25, 0.3) is 5.91 Å². The second-order valence-electron chi connectivity index (χ2n) is 5.74. The Morgan fingerprint density at radius 2 is 1.92 bits per heavy atom. The zero-order valence-electron chi connectivity index (χ0n) is 13.2. The van der Waals surface area contributed by atoms with E-state index in [9.17, 15) is 4.79 Å². The number of aromatic nitrogens is 1. The molecule has 0 saturated heterocycles.